The van der Waals surface area contributed by atoms with Crippen molar-refractivity contribution in [2.45, 2.75) is 12.5 Å². The Morgan fingerprint density at radius 2 is 2.22 bits per heavy atom. The van der Waals surface area contributed by atoms with Crippen LogP contribution in [0.4, 0.5) is 0 Å². The van der Waals surface area contributed by atoms with Crippen molar-refractivity contribution in [3.8, 4) is 0 Å². The van der Waals surface area contributed by atoms with E-state index in [2.05, 4.69) is 0 Å². The van der Waals surface area contributed by atoms with Crippen LogP contribution in [0.25, 0.3) is 0 Å². The third kappa shape index (κ3) is 1.29. The number of amides is 1. The number of nitrogens with two attached hydrogens (primary N) is 2. The summed E-state index contributed by atoms with van der Waals surface area (Å²) in [5.41, 5.74) is 10.5. The number of hydrogen-bond donors (Lipinski definition) is 2. The Morgan fingerprint density at radius 1 is 1.56 bits per heavy atom. The van der Waals surface area contributed by atoms with E-state index in [1.807, 2.05) is 6.08 Å². The minimum Gasteiger partial charge on any atom is -0.369 e. The molecule has 0 spiro atoms. The topological polar surface area (TPSA) is 69.1 Å². The average Bonchev–Trinajstić information content (AvgIpc) is 2.14. The SMILES string of the molecule is NC(=O)C1C=CC(N)C1. The standard InChI is InChI=1S/C6H10N2O/c7-5-2-1-4(3-5)6(8)9/h1-2,4-5H,3,7H2,(H2,8,9). The zero-order valence-corrected chi connectivity index (χ0v) is 5.08. The first-order valence-corrected chi connectivity index (χ1v) is 2.93. The molecule has 0 fully saturated rings. The second-order valence-corrected chi connectivity index (χ2v) is 2.29. The van der Waals surface area contributed by atoms with E-state index in [4.69, 9.17) is 11.5 Å². The molecule has 0 saturated carbocycles. The molecular weight excluding hydrogens is 116 g/mol. The van der Waals surface area contributed by atoms with Gasteiger partial charge in [0.1, 0.15) is 0 Å². The van der Waals surface area contributed by atoms with Crippen LogP contribution in [-0.2, 0) is 4.79 Å². The van der Waals surface area contributed by atoms with Crippen molar-refractivity contribution in [3.63, 3.8) is 0 Å². The maximum absolute atomic E-state index is 10.5. The fraction of sp³-hybridized carbons (Fsp3) is 0.500. The van der Waals surface area contributed by atoms with Gasteiger partial charge in [-0.3, -0.25) is 4.79 Å². The molecule has 0 bridgehead atoms. The molecule has 2 atom stereocenters. The maximum atomic E-state index is 10.5. The molecule has 1 aliphatic carbocycles. The highest BCUT2D eigenvalue weighted by atomic mass is 16.1. The number of hydrogen-bond acceptors (Lipinski definition) is 2. The van der Waals surface area contributed by atoms with Gasteiger partial charge in [-0.05, 0) is 6.42 Å². The maximum Gasteiger partial charge on any atom is 0.224 e. The second kappa shape index (κ2) is 2.19. The van der Waals surface area contributed by atoms with Crippen LogP contribution < -0.4 is 11.5 Å². The number of carbonyl (C=O) groups is 1. The minimum absolute atomic E-state index is 0.0301. The molecule has 0 aromatic heterocycles. The van der Waals surface area contributed by atoms with Crippen LogP contribution in [0.1, 0.15) is 6.42 Å². The molecule has 0 radical (unpaired) electrons. The van der Waals surface area contributed by atoms with E-state index in [9.17, 15) is 4.79 Å². The van der Waals surface area contributed by atoms with Crippen LogP contribution in [0.3, 0.4) is 0 Å². The van der Waals surface area contributed by atoms with Gasteiger partial charge in [0.05, 0.1) is 5.92 Å². The quantitative estimate of drug-likeness (QED) is 0.459. The predicted molar refractivity (Wildman–Crippen MR) is 34.4 cm³/mol. The molecule has 3 heteroatoms. The first-order chi connectivity index (χ1) is 4.20. The Morgan fingerprint density at radius 3 is 2.44 bits per heavy atom. The van der Waals surface area contributed by atoms with E-state index < -0.39 is 0 Å². The Kier molecular flexibility index (Phi) is 1.53. The molecule has 0 saturated heterocycles. The number of carbonyl (C=O) groups excluding carboxylic acids is 1. The molecule has 1 rings (SSSR count). The largest absolute Gasteiger partial charge is 0.369 e. The summed E-state index contributed by atoms with van der Waals surface area (Å²) in [5, 5.41) is 0. The zero-order chi connectivity index (χ0) is 6.85. The van der Waals surface area contributed by atoms with Crippen LogP contribution in [0.15, 0.2) is 12.2 Å². The minimum atomic E-state index is -0.279. The normalized spacial score (nSPS) is 33.0. The average molecular weight is 126 g/mol. The Balaban J connectivity index is 2.50. The van der Waals surface area contributed by atoms with Crippen molar-refractivity contribution in [3.05, 3.63) is 12.2 Å². The van der Waals surface area contributed by atoms with Crippen LogP contribution in [0, 0.1) is 5.92 Å². The highest BCUT2D eigenvalue weighted by molar-refractivity contribution is 5.79. The highest BCUT2D eigenvalue weighted by Crippen LogP contribution is 2.14. The molecule has 2 unspecified atom stereocenters. The van der Waals surface area contributed by atoms with E-state index in [0.29, 0.717) is 6.42 Å². The van der Waals surface area contributed by atoms with Gasteiger partial charge in [-0.1, -0.05) is 12.2 Å². The van der Waals surface area contributed by atoms with Crippen molar-refractivity contribution >= 4 is 5.91 Å². The molecule has 1 aliphatic rings. The van der Waals surface area contributed by atoms with E-state index in [1.165, 1.54) is 0 Å². The number of primary amides is 1. The molecule has 1 amide bonds. The van der Waals surface area contributed by atoms with Crippen LogP contribution >= 0.6 is 0 Å². The van der Waals surface area contributed by atoms with Gasteiger partial charge in [-0.25, -0.2) is 0 Å². The first-order valence-electron chi connectivity index (χ1n) is 2.93. The first kappa shape index (κ1) is 6.29. The summed E-state index contributed by atoms with van der Waals surface area (Å²) in [7, 11) is 0. The van der Waals surface area contributed by atoms with Gasteiger partial charge in [0.2, 0.25) is 5.91 Å². The van der Waals surface area contributed by atoms with Crippen molar-refractivity contribution in [1.29, 1.82) is 0 Å². The molecule has 0 aliphatic heterocycles. The third-order valence-electron chi connectivity index (χ3n) is 1.48. The van der Waals surface area contributed by atoms with Crippen molar-refractivity contribution in [1.82, 2.24) is 0 Å². The summed E-state index contributed by atoms with van der Waals surface area (Å²) in [6.07, 6.45) is 4.26. The lowest BCUT2D eigenvalue weighted by atomic mass is 10.1. The molecule has 0 aromatic carbocycles. The van der Waals surface area contributed by atoms with Gasteiger partial charge in [-0.2, -0.15) is 0 Å². The van der Waals surface area contributed by atoms with Gasteiger partial charge >= 0.3 is 0 Å². The smallest absolute Gasteiger partial charge is 0.224 e. The van der Waals surface area contributed by atoms with E-state index in [0.717, 1.165) is 0 Å². The van der Waals surface area contributed by atoms with Crippen LogP contribution in [-0.4, -0.2) is 11.9 Å². The van der Waals surface area contributed by atoms with E-state index >= 15 is 0 Å². The molecular formula is C6H10N2O. The third-order valence-corrected chi connectivity index (χ3v) is 1.48. The summed E-state index contributed by atoms with van der Waals surface area (Å²) >= 11 is 0. The van der Waals surface area contributed by atoms with Crippen LogP contribution in [0.5, 0.6) is 0 Å². The molecule has 3 nitrogen and oxygen atoms in total. The summed E-state index contributed by atoms with van der Waals surface area (Å²) in [6.45, 7) is 0. The summed E-state index contributed by atoms with van der Waals surface area (Å²) in [6, 6.07) is 0.0301. The molecule has 0 heterocycles. The lowest BCUT2D eigenvalue weighted by Crippen LogP contribution is -2.24. The molecule has 9 heavy (non-hydrogen) atoms. The van der Waals surface area contributed by atoms with Crippen LogP contribution in [0.2, 0.25) is 0 Å². The fourth-order valence-corrected chi connectivity index (χ4v) is 0.938. The summed E-state index contributed by atoms with van der Waals surface area (Å²) in [4.78, 5) is 10.5. The van der Waals surface area contributed by atoms with Crippen molar-refractivity contribution in [2.24, 2.45) is 17.4 Å². The Bertz CT molecular complexity index is 153. The lowest BCUT2D eigenvalue weighted by molar-refractivity contribution is -0.120. The summed E-state index contributed by atoms with van der Waals surface area (Å²) < 4.78 is 0. The molecule has 50 valence electrons. The monoisotopic (exact) mass is 126 g/mol. The summed E-state index contributed by atoms with van der Waals surface area (Å²) in [5.74, 6) is -0.404. The number of rotatable bonds is 1. The van der Waals surface area contributed by atoms with Crippen molar-refractivity contribution < 1.29 is 4.79 Å². The Hall–Kier alpha value is -0.830. The molecule has 4 N–H and O–H groups in total. The van der Waals surface area contributed by atoms with E-state index in [-0.39, 0.29) is 17.9 Å². The predicted octanol–water partition coefficient (Wildman–Crippen LogP) is -0.625. The van der Waals surface area contributed by atoms with Gasteiger partial charge in [0.25, 0.3) is 0 Å². The van der Waals surface area contributed by atoms with Gasteiger partial charge in [-0.15, -0.1) is 0 Å². The van der Waals surface area contributed by atoms with E-state index in [1.54, 1.807) is 6.08 Å². The lowest BCUT2D eigenvalue weighted by Gasteiger charge is -2.01. The molecule has 0 aromatic rings. The zero-order valence-electron chi connectivity index (χ0n) is 5.08. The second-order valence-electron chi connectivity index (χ2n) is 2.29. The van der Waals surface area contributed by atoms with Gasteiger partial charge in [0.15, 0.2) is 0 Å². The highest BCUT2D eigenvalue weighted by Gasteiger charge is 2.19. The Labute approximate surface area is 53.7 Å². The van der Waals surface area contributed by atoms with Gasteiger partial charge < -0.3 is 11.5 Å². The van der Waals surface area contributed by atoms with Gasteiger partial charge in [0, 0.05) is 6.04 Å². The van der Waals surface area contributed by atoms with Crippen molar-refractivity contribution in [2.75, 3.05) is 0 Å². The fourth-order valence-electron chi connectivity index (χ4n) is 0.938.